The first kappa shape index (κ1) is 15.0. The largest absolute Gasteiger partial charge is 0.335 e. The lowest BCUT2D eigenvalue weighted by molar-refractivity contribution is -0.384. The number of urea groups is 1. The minimum Gasteiger partial charge on any atom is -0.335 e. The molecular formula is C16H16N4O3. The SMILES string of the molecule is O=C(Nc1ccncc1[N+](=O)[O-])NC1CC(c2ccccc2)C1. The summed E-state index contributed by atoms with van der Waals surface area (Å²) >= 11 is 0. The molecule has 7 nitrogen and oxygen atoms in total. The first-order valence-electron chi connectivity index (χ1n) is 7.34. The average molecular weight is 312 g/mol. The summed E-state index contributed by atoms with van der Waals surface area (Å²) in [6.07, 6.45) is 4.26. The Balaban J connectivity index is 1.53. The van der Waals surface area contributed by atoms with Gasteiger partial charge in [0, 0.05) is 12.2 Å². The van der Waals surface area contributed by atoms with Gasteiger partial charge in [0.25, 0.3) is 0 Å². The Morgan fingerprint density at radius 2 is 1.96 bits per heavy atom. The number of aromatic nitrogens is 1. The minimum atomic E-state index is -0.572. The summed E-state index contributed by atoms with van der Waals surface area (Å²) in [7, 11) is 0. The molecule has 1 aliphatic rings. The zero-order chi connectivity index (χ0) is 16.2. The van der Waals surface area contributed by atoms with Crippen LogP contribution in [0.5, 0.6) is 0 Å². The van der Waals surface area contributed by atoms with Gasteiger partial charge in [-0.05, 0) is 30.4 Å². The van der Waals surface area contributed by atoms with Crippen molar-refractivity contribution >= 4 is 17.4 Å². The molecule has 0 unspecified atom stereocenters. The monoisotopic (exact) mass is 312 g/mol. The van der Waals surface area contributed by atoms with Crippen LogP contribution in [0.4, 0.5) is 16.2 Å². The molecule has 1 aromatic heterocycles. The van der Waals surface area contributed by atoms with E-state index >= 15 is 0 Å². The molecule has 1 aliphatic carbocycles. The number of nitrogens with one attached hydrogen (secondary N) is 2. The lowest BCUT2D eigenvalue weighted by Gasteiger charge is -2.36. The third-order valence-corrected chi connectivity index (χ3v) is 3.99. The number of nitrogens with zero attached hydrogens (tertiary/aromatic N) is 2. The van der Waals surface area contributed by atoms with Crippen LogP contribution < -0.4 is 10.6 Å². The van der Waals surface area contributed by atoms with Gasteiger partial charge in [-0.15, -0.1) is 0 Å². The molecule has 0 radical (unpaired) electrons. The van der Waals surface area contributed by atoms with Crippen LogP contribution in [0, 0.1) is 10.1 Å². The van der Waals surface area contributed by atoms with Crippen LogP contribution in [0.3, 0.4) is 0 Å². The molecule has 2 N–H and O–H groups in total. The van der Waals surface area contributed by atoms with Crippen LogP contribution >= 0.6 is 0 Å². The standard InChI is InChI=1S/C16H16N4O3/c21-16(19-14-6-7-17-10-15(14)20(22)23)18-13-8-12(9-13)11-4-2-1-3-5-11/h1-7,10,12-13H,8-9H2,(H2,17,18,19,21). The molecular weight excluding hydrogens is 296 g/mol. The maximum Gasteiger partial charge on any atom is 0.319 e. The van der Waals surface area contributed by atoms with Crippen molar-refractivity contribution < 1.29 is 9.72 Å². The van der Waals surface area contributed by atoms with E-state index < -0.39 is 11.0 Å². The lowest BCUT2D eigenvalue weighted by atomic mass is 9.76. The molecule has 118 valence electrons. The third-order valence-electron chi connectivity index (χ3n) is 3.99. The third kappa shape index (κ3) is 3.45. The van der Waals surface area contributed by atoms with Crippen molar-refractivity contribution in [1.29, 1.82) is 0 Å². The summed E-state index contributed by atoms with van der Waals surface area (Å²) in [6, 6.07) is 11.2. The van der Waals surface area contributed by atoms with Crippen molar-refractivity contribution in [2.24, 2.45) is 0 Å². The molecule has 0 spiro atoms. The molecule has 2 aromatic rings. The number of benzene rings is 1. The quantitative estimate of drug-likeness (QED) is 0.669. The van der Waals surface area contributed by atoms with Crippen LogP contribution in [0.15, 0.2) is 48.8 Å². The van der Waals surface area contributed by atoms with Crippen LogP contribution in [-0.2, 0) is 0 Å². The molecule has 7 heteroatoms. The van der Waals surface area contributed by atoms with Gasteiger partial charge in [0.05, 0.1) is 4.92 Å². The number of anilines is 1. The Bertz CT molecular complexity index is 714. The summed E-state index contributed by atoms with van der Waals surface area (Å²) in [6.45, 7) is 0. The minimum absolute atomic E-state index is 0.0844. The summed E-state index contributed by atoms with van der Waals surface area (Å²) in [5.74, 6) is 0.455. The number of carbonyl (C=O) groups excluding carboxylic acids is 1. The average Bonchev–Trinajstić information content (AvgIpc) is 2.51. The highest BCUT2D eigenvalue weighted by Crippen LogP contribution is 2.36. The van der Waals surface area contributed by atoms with Gasteiger partial charge in [0.1, 0.15) is 11.9 Å². The zero-order valence-electron chi connectivity index (χ0n) is 12.3. The first-order valence-corrected chi connectivity index (χ1v) is 7.34. The predicted molar refractivity (Wildman–Crippen MR) is 85.3 cm³/mol. The van der Waals surface area contributed by atoms with Crippen LogP contribution in [0.2, 0.25) is 0 Å². The summed E-state index contributed by atoms with van der Waals surface area (Å²) in [4.78, 5) is 26.0. The highest BCUT2D eigenvalue weighted by Gasteiger charge is 2.31. The first-order chi connectivity index (χ1) is 11.1. The maximum atomic E-state index is 12.0. The number of carbonyl (C=O) groups is 1. The molecule has 3 rings (SSSR count). The van der Waals surface area contributed by atoms with E-state index in [2.05, 4.69) is 27.8 Å². The number of rotatable bonds is 4. The number of pyridine rings is 1. The molecule has 1 fully saturated rings. The number of hydrogen-bond acceptors (Lipinski definition) is 4. The Labute approximate surface area is 132 Å². The Kier molecular flexibility index (Phi) is 4.18. The Morgan fingerprint density at radius 3 is 2.65 bits per heavy atom. The van der Waals surface area contributed by atoms with Gasteiger partial charge in [-0.2, -0.15) is 0 Å². The van der Waals surface area contributed by atoms with Crippen molar-refractivity contribution in [2.75, 3.05) is 5.32 Å². The highest BCUT2D eigenvalue weighted by atomic mass is 16.6. The van der Waals surface area contributed by atoms with E-state index in [0.717, 1.165) is 19.0 Å². The van der Waals surface area contributed by atoms with E-state index in [-0.39, 0.29) is 17.4 Å². The number of nitro groups is 1. The fraction of sp³-hybridized carbons (Fsp3) is 0.250. The van der Waals surface area contributed by atoms with Crippen molar-refractivity contribution in [2.45, 2.75) is 24.8 Å². The van der Waals surface area contributed by atoms with Gasteiger partial charge >= 0.3 is 11.7 Å². The van der Waals surface area contributed by atoms with E-state index in [0.29, 0.717) is 5.92 Å². The lowest BCUT2D eigenvalue weighted by Crippen LogP contribution is -2.45. The summed E-state index contributed by atoms with van der Waals surface area (Å²) in [5, 5.41) is 16.2. The topological polar surface area (TPSA) is 97.2 Å². The second kappa shape index (κ2) is 6.43. The second-order valence-corrected chi connectivity index (χ2v) is 5.52. The van der Waals surface area contributed by atoms with Gasteiger partial charge in [-0.25, -0.2) is 4.79 Å². The van der Waals surface area contributed by atoms with Gasteiger partial charge in [0.15, 0.2) is 0 Å². The molecule has 0 atom stereocenters. The zero-order valence-corrected chi connectivity index (χ0v) is 12.3. The smallest absolute Gasteiger partial charge is 0.319 e. The van der Waals surface area contributed by atoms with Crippen molar-refractivity contribution in [3.63, 3.8) is 0 Å². The maximum absolute atomic E-state index is 12.0. The molecule has 1 saturated carbocycles. The van der Waals surface area contributed by atoms with Gasteiger partial charge in [0.2, 0.25) is 0 Å². The molecule has 2 amide bonds. The van der Waals surface area contributed by atoms with E-state index in [4.69, 9.17) is 0 Å². The van der Waals surface area contributed by atoms with Crippen molar-refractivity contribution in [1.82, 2.24) is 10.3 Å². The molecule has 1 aromatic carbocycles. The van der Waals surface area contributed by atoms with Crippen molar-refractivity contribution in [3.8, 4) is 0 Å². The van der Waals surface area contributed by atoms with E-state index in [1.807, 2.05) is 18.2 Å². The van der Waals surface area contributed by atoms with Gasteiger partial charge in [-0.3, -0.25) is 15.1 Å². The summed E-state index contributed by atoms with van der Waals surface area (Å²) < 4.78 is 0. The molecule has 23 heavy (non-hydrogen) atoms. The summed E-state index contributed by atoms with van der Waals surface area (Å²) in [5.41, 5.74) is 1.19. The Morgan fingerprint density at radius 1 is 1.22 bits per heavy atom. The van der Waals surface area contributed by atoms with Crippen LogP contribution in [0.1, 0.15) is 24.3 Å². The van der Waals surface area contributed by atoms with Crippen molar-refractivity contribution in [3.05, 3.63) is 64.5 Å². The van der Waals surface area contributed by atoms with E-state index in [9.17, 15) is 14.9 Å². The Hall–Kier alpha value is -2.96. The predicted octanol–water partition coefficient (Wildman–Crippen LogP) is 3.06. The number of hydrogen-bond donors (Lipinski definition) is 2. The van der Waals surface area contributed by atoms with Gasteiger partial charge < -0.3 is 10.6 Å². The van der Waals surface area contributed by atoms with Crippen LogP contribution in [0.25, 0.3) is 0 Å². The van der Waals surface area contributed by atoms with E-state index in [1.165, 1.54) is 17.8 Å². The molecule has 0 saturated heterocycles. The normalized spacial score (nSPS) is 19.5. The van der Waals surface area contributed by atoms with Gasteiger partial charge in [-0.1, -0.05) is 30.3 Å². The molecule has 0 aliphatic heterocycles. The fourth-order valence-corrected chi connectivity index (χ4v) is 2.71. The van der Waals surface area contributed by atoms with E-state index in [1.54, 1.807) is 0 Å². The fourth-order valence-electron chi connectivity index (χ4n) is 2.71. The number of amides is 2. The second-order valence-electron chi connectivity index (χ2n) is 5.52. The molecule has 1 heterocycles. The molecule has 0 bridgehead atoms. The van der Waals surface area contributed by atoms with Crippen LogP contribution in [-0.4, -0.2) is 22.0 Å². The highest BCUT2D eigenvalue weighted by molar-refractivity contribution is 5.91.